The van der Waals surface area contributed by atoms with Gasteiger partial charge in [0.05, 0.1) is 12.0 Å². The summed E-state index contributed by atoms with van der Waals surface area (Å²) in [7, 11) is 0. The minimum atomic E-state index is -0.525. The molecule has 90 valence electrons. The van der Waals surface area contributed by atoms with E-state index in [1.165, 1.54) is 0 Å². The van der Waals surface area contributed by atoms with E-state index in [0.29, 0.717) is 12.2 Å². The molecule has 0 unspecified atom stereocenters. The lowest BCUT2D eigenvalue weighted by Gasteiger charge is -2.12. The molecule has 2 rings (SSSR count). The Morgan fingerprint density at radius 1 is 1.24 bits per heavy atom. The first-order valence-corrected chi connectivity index (χ1v) is 5.93. The molecule has 0 N–H and O–H groups in total. The van der Waals surface area contributed by atoms with E-state index in [0.717, 1.165) is 12.8 Å². The van der Waals surface area contributed by atoms with Crippen LogP contribution in [-0.4, -0.2) is 18.4 Å². The van der Waals surface area contributed by atoms with Crippen molar-refractivity contribution in [3.63, 3.8) is 0 Å². The molecular formula is C14H16O3. The summed E-state index contributed by atoms with van der Waals surface area (Å²) in [5, 5.41) is 0. The topological polar surface area (TPSA) is 43.4 Å². The molecule has 0 atom stereocenters. The van der Waals surface area contributed by atoms with Gasteiger partial charge < -0.3 is 4.74 Å². The number of benzene rings is 1. The molecule has 1 aliphatic carbocycles. The minimum Gasteiger partial charge on any atom is -0.466 e. The highest BCUT2D eigenvalue weighted by molar-refractivity contribution is 5.99. The van der Waals surface area contributed by atoms with E-state index in [1.54, 1.807) is 19.1 Å². The second-order valence-electron chi connectivity index (χ2n) is 4.47. The van der Waals surface area contributed by atoms with Crippen LogP contribution in [0.15, 0.2) is 30.3 Å². The molecule has 1 fully saturated rings. The first-order valence-electron chi connectivity index (χ1n) is 5.93. The van der Waals surface area contributed by atoms with E-state index < -0.39 is 5.41 Å². The van der Waals surface area contributed by atoms with E-state index in [4.69, 9.17) is 4.74 Å². The van der Waals surface area contributed by atoms with Crippen molar-refractivity contribution >= 4 is 11.8 Å². The lowest BCUT2D eigenvalue weighted by Crippen LogP contribution is -2.22. The summed E-state index contributed by atoms with van der Waals surface area (Å²) in [6.45, 7) is 2.16. The molecule has 3 heteroatoms. The molecule has 0 amide bonds. The van der Waals surface area contributed by atoms with Crippen LogP contribution in [0.1, 0.15) is 36.5 Å². The zero-order valence-corrected chi connectivity index (χ0v) is 9.94. The van der Waals surface area contributed by atoms with Crippen LogP contribution < -0.4 is 0 Å². The molecule has 17 heavy (non-hydrogen) atoms. The molecule has 0 spiro atoms. The van der Waals surface area contributed by atoms with Gasteiger partial charge in [0.2, 0.25) is 0 Å². The molecule has 1 aliphatic rings. The molecule has 0 saturated heterocycles. The van der Waals surface area contributed by atoms with Gasteiger partial charge in [-0.2, -0.15) is 0 Å². The Morgan fingerprint density at radius 2 is 1.88 bits per heavy atom. The largest absolute Gasteiger partial charge is 0.466 e. The Bertz CT molecular complexity index is 418. The first-order chi connectivity index (χ1) is 8.18. The van der Waals surface area contributed by atoms with Gasteiger partial charge in [0.15, 0.2) is 5.78 Å². The highest BCUT2D eigenvalue weighted by atomic mass is 16.5. The van der Waals surface area contributed by atoms with Gasteiger partial charge >= 0.3 is 5.97 Å². The molecule has 3 nitrogen and oxygen atoms in total. The number of carbonyl (C=O) groups excluding carboxylic acids is 2. The standard InChI is InChI=1S/C14H16O3/c1-2-17-13(16)14(8-9-14)10-12(15)11-6-4-3-5-7-11/h3-7H,2,8-10H2,1H3. The molecule has 1 aromatic rings. The van der Waals surface area contributed by atoms with Crippen molar-refractivity contribution in [3.8, 4) is 0 Å². The molecule has 1 saturated carbocycles. The highest BCUT2D eigenvalue weighted by Crippen LogP contribution is 2.50. The fourth-order valence-electron chi connectivity index (χ4n) is 1.92. The fraction of sp³-hybridized carbons (Fsp3) is 0.429. The molecular weight excluding hydrogens is 216 g/mol. The Hall–Kier alpha value is -1.64. The van der Waals surface area contributed by atoms with Gasteiger partial charge in [0, 0.05) is 12.0 Å². The number of rotatable bonds is 5. The van der Waals surface area contributed by atoms with Crippen molar-refractivity contribution in [2.45, 2.75) is 26.2 Å². The second-order valence-corrected chi connectivity index (χ2v) is 4.47. The molecule has 0 aliphatic heterocycles. The van der Waals surface area contributed by atoms with Gasteiger partial charge in [-0.25, -0.2) is 0 Å². The number of carbonyl (C=O) groups is 2. The molecule has 0 heterocycles. The van der Waals surface area contributed by atoms with Gasteiger partial charge in [-0.05, 0) is 19.8 Å². The van der Waals surface area contributed by atoms with Crippen molar-refractivity contribution in [3.05, 3.63) is 35.9 Å². The Balaban J connectivity index is 2.02. The maximum absolute atomic E-state index is 12.0. The average molecular weight is 232 g/mol. The summed E-state index contributed by atoms with van der Waals surface area (Å²) < 4.78 is 5.01. The number of ketones is 1. The van der Waals surface area contributed by atoms with Crippen LogP contribution in [0.25, 0.3) is 0 Å². The fourth-order valence-corrected chi connectivity index (χ4v) is 1.92. The van der Waals surface area contributed by atoms with E-state index in [-0.39, 0.29) is 18.2 Å². The smallest absolute Gasteiger partial charge is 0.312 e. The van der Waals surface area contributed by atoms with Gasteiger partial charge in [-0.15, -0.1) is 0 Å². The van der Waals surface area contributed by atoms with Crippen molar-refractivity contribution in [2.75, 3.05) is 6.61 Å². The summed E-state index contributed by atoms with van der Waals surface area (Å²) in [5.41, 5.74) is 0.145. The molecule has 0 radical (unpaired) electrons. The molecule has 0 bridgehead atoms. The predicted molar refractivity (Wildman–Crippen MR) is 63.7 cm³/mol. The van der Waals surface area contributed by atoms with Crippen LogP contribution in [0, 0.1) is 5.41 Å². The van der Waals surface area contributed by atoms with Crippen molar-refractivity contribution in [1.82, 2.24) is 0 Å². The quantitative estimate of drug-likeness (QED) is 0.579. The van der Waals surface area contributed by atoms with E-state index in [9.17, 15) is 9.59 Å². The van der Waals surface area contributed by atoms with E-state index in [2.05, 4.69) is 0 Å². The van der Waals surface area contributed by atoms with Crippen LogP contribution >= 0.6 is 0 Å². The average Bonchev–Trinajstić information content (AvgIpc) is 3.11. The van der Waals surface area contributed by atoms with Crippen LogP contribution in [0.2, 0.25) is 0 Å². The molecule has 0 aromatic heterocycles. The number of Topliss-reactive ketones (excluding diaryl/α,β-unsaturated/α-hetero) is 1. The van der Waals surface area contributed by atoms with Gasteiger partial charge in [-0.3, -0.25) is 9.59 Å². The van der Waals surface area contributed by atoms with Gasteiger partial charge in [-0.1, -0.05) is 30.3 Å². The lowest BCUT2D eigenvalue weighted by molar-refractivity contribution is -0.149. The molecule has 1 aromatic carbocycles. The first kappa shape index (κ1) is 11.8. The predicted octanol–water partition coefficient (Wildman–Crippen LogP) is 2.60. The monoisotopic (exact) mass is 232 g/mol. The van der Waals surface area contributed by atoms with Gasteiger partial charge in [0.1, 0.15) is 0 Å². The van der Waals surface area contributed by atoms with Gasteiger partial charge in [0.25, 0.3) is 0 Å². The highest BCUT2D eigenvalue weighted by Gasteiger charge is 2.52. The zero-order valence-electron chi connectivity index (χ0n) is 9.94. The summed E-state index contributed by atoms with van der Waals surface area (Å²) in [6.07, 6.45) is 1.81. The van der Waals surface area contributed by atoms with Crippen molar-refractivity contribution in [2.24, 2.45) is 5.41 Å². The third-order valence-corrected chi connectivity index (χ3v) is 3.16. The third kappa shape index (κ3) is 2.54. The summed E-state index contributed by atoms with van der Waals surface area (Å²) >= 11 is 0. The maximum atomic E-state index is 12.0. The zero-order chi connectivity index (χ0) is 12.3. The third-order valence-electron chi connectivity index (χ3n) is 3.16. The number of hydrogen-bond acceptors (Lipinski definition) is 3. The van der Waals surface area contributed by atoms with Crippen molar-refractivity contribution < 1.29 is 14.3 Å². The number of hydrogen-bond donors (Lipinski definition) is 0. The minimum absolute atomic E-state index is 0.0242. The second kappa shape index (κ2) is 4.70. The van der Waals surface area contributed by atoms with E-state index >= 15 is 0 Å². The summed E-state index contributed by atoms with van der Waals surface area (Å²) in [4.78, 5) is 23.7. The Kier molecular flexibility index (Phi) is 3.27. The van der Waals surface area contributed by atoms with Crippen LogP contribution in [-0.2, 0) is 9.53 Å². The summed E-state index contributed by atoms with van der Waals surface area (Å²) in [6, 6.07) is 9.09. The van der Waals surface area contributed by atoms with Crippen LogP contribution in [0.4, 0.5) is 0 Å². The van der Waals surface area contributed by atoms with Crippen LogP contribution in [0.3, 0.4) is 0 Å². The SMILES string of the molecule is CCOC(=O)C1(CC(=O)c2ccccc2)CC1. The Labute approximate surface area is 101 Å². The van der Waals surface area contributed by atoms with Crippen LogP contribution in [0.5, 0.6) is 0 Å². The number of esters is 1. The number of ether oxygens (including phenoxy) is 1. The van der Waals surface area contributed by atoms with Crippen molar-refractivity contribution in [1.29, 1.82) is 0 Å². The van der Waals surface area contributed by atoms with E-state index in [1.807, 2.05) is 18.2 Å². The Morgan fingerprint density at radius 3 is 2.41 bits per heavy atom. The normalized spacial score (nSPS) is 16.3. The maximum Gasteiger partial charge on any atom is 0.312 e. The summed E-state index contributed by atoms with van der Waals surface area (Å²) in [5.74, 6) is -0.194. The lowest BCUT2D eigenvalue weighted by atomic mass is 9.96.